The highest BCUT2D eigenvalue weighted by atomic mass is 16.3. The van der Waals surface area contributed by atoms with Crippen LogP contribution in [0.3, 0.4) is 0 Å². The first kappa shape index (κ1) is 13.0. The molecular weight excluding hydrogens is 270 g/mol. The van der Waals surface area contributed by atoms with Crippen molar-refractivity contribution < 1.29 is 15.3 Å². The van der Waals surface area contributed by atoms with E-state index in [1.54, 1.807) is 18.2 Å². The van der Waals surface area contributed by atoms with Gasteiger partial charge < -0.3 is 15.3 Å². The lowest BCUT2D eigenvalue weighted by Gasteiger charge is -2.01. The van der Waals surface area contributed by atoms with Gasteiger partial charge in [0.25, 0.3) is 0 Å². The van der Waals surface area contributed by atoms with Gasteiger partial charge in [-0.3, -0.25) is 5.10 Å². The highest BCUT2D eigenvalue weighted by molar-refractivity contribution is 5.65. The Balaban J connectivity index is 1.99. The Hall–Kier alpha value is -3.02. The molecule has 0 amide bonds. The van der Waals surface area contributed by atoms with Crippen LogP contribution in [0.4, 0.5) is 0 Å². The maximum Gasteiger partial charge on any atom is 0.181 e. The average molecular weight is 283 g/mol. The van der Waals surface area contributed by atoms with Gasteiger partial charge in [-0.15, -0.1) is 0 Å². The van der Waals surface area contributed by atoms with Gasteiger partial charge in [0.2, 0.25) is 0 Å². The molecule has 4 N–H and O–H groups in total. The first-order valence-electron chi connectivity index (χ1n) is 6.29. The summed E-state index contributed by atoms with van der Waals surface area (Å²) in [5, 5.41) is 35.4. The molecule has 0 fully saturated rings. The number of phenolic OH excluding ortho intramolecular Hbond substituents is 3. The zero-order chi connectivity index (χ0) is 15.0. The summed E-state index contributed by atoms with van der Waals surface area (Å²) >= 11 is 0. The van der Waals surface area contributed by atoms with Crippen LogP contribution in [0.15, 0.2) is 36.4 Å². The molecule has 3 aromatic rings. The van der Waals surface area contributed by atoms with Gasteiger partial charge in [-0.05, 0) is 36.8 Å². The fourth-order valence-electron chi connectivity index (χ4n) is 1.94. The monoisotopic (exact) mass is 283 g/mol. The number of nitrogens with one attached hydrogen (secondary N) is 1. The quantitative estimate of drug-likeness (QED) is 0.541. The van der Waals surface area contributed by atoms with Gasteiger partial charge in [0.1, 0.15) is 5.75 Å². The van der Waals surface area contributed by atoms with E-state index in [1.807, 2.05) is 13.0 Å². The lowest BCUT2D eigenvalue weighted by atomic mass is 10.1. The highest BCUT2D eigenvalue weighted by Gasteiger charge is 2.10. The third kappa shape index (κ3) is 2.38. The van der Waals surface area contributed by atoms with Crippen LogP contribution in [-0.2, 0) is 0 Å². The fraction of sp³-hybridized carbons (Fsp3) is 0.0667. The molecule has 106 valence electrons. The van der Waals surface area contributed by atoms with E-state index in [1.165, 1.54) is 12.1 Å². The van der Waals surface area contributed by atoms with Crippen molar-refractivity contribution in [1.29, 1.82) is 0 Å². The van der Waals surface area contributed by atoms with Crippen molar-refractivity contribution in [2.24, 2.45) is 0 Å². The first-order valence-corrected chi connectivity index (χ1v) is 6.29. The molecule has 0 bridgehead atoms. The van der Waals surface area contributed by atoms with Gasteiger partial charge in [-0.25, -0.2) is 4.98 Å². The molecule has 0 atom stereocenters. The topological polar surface area (TPSA) is 102 Å². The molecule has 0 aliphatic rings. The molecule has 0 aliphatic heterocycles. The van der Waals surface area contributed by atoms with Gasteiger partial charge >= 0.3 is 0 Å². The molecule has 6 heteroatoms. The van der Waals surface area contributed by atoms with Gasteiger partial charge in [-0.1, -0.05) is 12.1 Å². The Bertz CT molecular complexity index is 746. The van der Waals surface area contributed by atoms with E-state index in [-0.39, 0.29) is 17.2 Å². The number of aromatic nitrogens is 3. The maximum atomic E-state index is 9.73. The summed E-state index contributed by atoms with van der Waals surface area (Å²) in [5.41, 5.74) is 2.06. The highest BCUT2D eigenvalue weighted by Crippen LogP contribution is 2.30. The van der Waals surface area contributed by atoms with Crippen LogP contribution in [0, 0.1) is 6.92 Å². The summed E-state index contributed by atoms with van der Waals surface area (Å²) < 4.78 is 0. The molecule has 0 spiro atoms. The Labute approximate surface area is 120 Å². The van der Waals surface area contributed by atoms with Gasteiger partial charge in [0.15, 0.2) is 23.1 Å². The Morgan fingerprint density at radius 2 is 1.57 bits per heavy atom. The van der Waals surface area contributed by atoms with Crippen molar-refractivity contribution in [2.75, 3.05) is 0 Å². The summed E-state index contributed by atoms with van der Waals surface area (Å²) in [4.78, 5) is 4.32. The normalized spacial score (nSPS) is 10.7. The van der Waals surface area contributed by atoms with Crippen LogP contribution in [0.2, 0.25) is 0 Å². The van der Waals surface area contributed by atoms with Crippen molar-refractivity contribution in [1.82, 2.24) is 15.2 Å². The zero-order valence-corrected chi connectivity index (χ0v) is 11.2. The smallest absolute Gasteiger partial charge is 0.181 e. The number of H-pyrrole nitrogens is 1. The number of aromatic amines is 1. The zero-order valence-electron chi connectivity index (χ0n) is 11.2. The Morgan fingerprint density at radius 1 is 0.857 bits per heavy atom. The second-order valence-corrected chi connectivity index (χ2v) is 4.71. The van der Waals surface area contributed by atoms with E-state index < -0.39 is 0 Å². The second kappa shape index (κ2) is 4.82. The van der Waals surface area contributed by atoms with Crippen LogP contribution in [-0.4, -0.2) is 30.5 Å². The van der Waals surface area contributed by atoms with Crippen molar-refractivity contribution in [3.05, 3.63) is 42.0 Å². The van der Waals surface area contributed by atoms with E-state index in [2.05, 4.69) is 15.2 Å². The largest absolute Gasteiger partial charge is 0.508 e. The van der Waals surface area contributed by atoms with E-state index in [4.69, 9.17) is 0 Å². The molecule has 0 saturated carbocycles. The number of nitrogens with zero attached hydrogens (tertiary/aromatic N) is 2. The van der Waals surface area contributed by atoms with Crippen LogP contribution in [0.5, 0.6) is 17.2 Å². The van der Waals surface area contributed by atoms with Crippen LogP contribution in [0.1, 0.15) is 5.56 Å². The third-order valence-electron chi connectivity index (χ3n) is 3.20. The summed E-state index contributed by atoms with van der Waals surface area (Å²) in [6, 6.07) is 9.59. The molecule has 1 aromatic heterocycles. The average Bonchev–Trinajstić information content (AvgIpc) is 2.94. The molecule has 0 radical (unpaired) electrons. The molecule has 0 unspecified atom stereocenters. The second-order valence-electron chi connectivity index (χ2n) is 4.71. The summed E-state index contributed by atoms with van der Waals surface area (Å²) in [6.07, 6.45) is 0. The summed E-state index contributed by atoms with van der Waals surface area (Å²) in [7, 11) is 0. The fourth-order valence-corrected chi connectivity index (χ4v) is 1.94. The summed E-state index contributed by atoms with van der Waals surface area (Å²) in [5.74, 6) is 0.658. The van der Waals surface area contributed by atoms with Crippen molar-refractivity contribution in [2.45, 2.75) is 6.92 Å². The predicted octanol–water partition coefficient (Wildman–Crippen LogP) is 2.56. The van der Waals surface area contributed by atoms with Crippen molar-refractivity contribution >= 4 is 0 Å². The van der Waals surface area contributed by atoms with E-state index in [0.717, 1.165) is 5.56 Å². The number of phenols is 3. The number of rotatable bonds is 2. The number of benzene rings is 2. The van der Waals surface area contributed by atoms with Crippen LogP contribution >= 0.6 is 0 Å². The number of aromatic hydroxyl groups is 3. The van der Waals surface area contributed by atoms with Gasteiger partial charge in [0, 0.05) is 11.1 Å². The Kier molecular flexibility index (Phi) is 2.98. The van der Waals surface area contributed by atoms with Crippen LogP contribution < -0.4 is 0 Å². The lowest BCUT2D eigenvalue weighted by Crippen LogP contribution is -1.83. The minimum atomic E-state index is -0.230. The molecule has 0 aliphatic carbocycles. The molecule has 3 rings (SSSR count). The van der Waals surface area contributed by atoms with E-state index in [9.17, 15) is 15.3 Å². The number of hydrogen-bond acceptors (Lipinski definition) is 5. The van der Waals surface area contributed by atoms with Crippen LogP contribution in [0.25, 0.3) is 22.8 Å². The maximum absolute atomic E-state index is 9.73. The molecule has 0 saturated heterocycles. The summed E-state index contributed by atoms with van der Waals surface area (Å²) in [6.45, 7) is 1.81. The molecule has 1 heterocycles. The van der Waals surface area contributed by atoms with E-state index >= 15 is 0 Å². The van der Waals surface area contributed by atoms with E-state index in [0.29, 0.717) is 22.8 Å². The molecule has 6 nitrogen and oxygen atoms in total. The SMILES string of the molecule is Cc1ccc(-c2nc(-c3ccc(O)c(O)c3)n[nH]2)cc1O. The number of hydrogen-bond donors (Lipinski definition) is 4. The minimum Gasteiger partial charge on any atom is -0.508 e. The molecule has 2 aromatic carbocycles. The predicted molar refractivity (Wildman–Crippen MR) is 77.0 cm³/mol. The third-order valence-corrected chi connectivity index (χ3v) is 3.20. The first-order chi connectivity index (χ1) is 10.0. The van der Waals surface area contributed by atoms with Crippen molar-refractivity contribution in [3.8, 4) is 40.0 Å². The Morgan fingerprint density at radius 3 is 2.29 bits per heavy atom. The molecular formula is C15H13N3O3. The van der Waals surface area contributed by atoms with Crippen molar-refractivity contribution in [3.63, 3.8) is 0 Å². The standard InChI is InChI=1S/C15H13N3O3/c1-8-2-3-9(6-12(8)20)14-16-15(18-17-14)10-4-5-11(19)13(21)7-10/h2-7,19-21H,1H3,(H,16,17,18). The molecule has 21 heavy (non-hydrogen) atoms. The minimum absolute atomic E-state index is 0.188. The van der Waals surface area contributed by atoms with Gasteiger partial charge in [0.05, 0.1) is 0 Å². The number of aryl methyl sites for hydroxylation is 1. The lowest BCUT2D eigenvalue weighted by molar-refractivity contribution is 0.404. The van der Waals surface area contributed by atoms with Gasteiger partial charge in [-0.2, -0.15) is 5.10 Å².